The van der Waals surface area contributed by atoms with Gasteiger partial charge in [-0.1, -0.05) is 74.1 Å². The SMILES string of the molecule is CCCCl.CCCSc1nc2c3c(ccc2[nH]1)C(=O)c1ccccc1C3=O.O=C1c2ccccc2C(=O)c2c1ccc1[nH]c(=S)[nH]c21.[K+].[OH-]. The maximum Gasteiger partial charge on any atom is 1.00 e. The normalized spacial score (nSPS) is 12.3. The van der Waals surface area contributed by atoms with Crippen LogP contribution in [0.5, 0.6) is 0 Å². The maximum absolute atomic E-state index is 12.9. The standard InChI is InChI=1S/C18H14N2O2S.C15H8N2O2S.C3H7Cl.K.H2O/c1-2-9-23-18-19-13-8-7-12-14(15(13)20-18)17(22)11-6-4-3-5-10(11)16(12)21;18-13-7-3-1-2-4-8(7)14(19)11-9(13)5-6-10-12(11)17-15(20)16-10;1-2-3-4;;/h3-8H,2,9H2,1H3,(H,19,20);1-6H,(H2,16,17,20);2-3H2,1H3;;1H2/q;;;+1;/p-1. The zero-order valence-corrected chi connectivity index (χ0v) is 32.5. The van der Waals surface area contributed by atoms with E-state index in [4.69, 9.17) is 23.8 Å². The Hall–Kier alpha value is -3.04. The van der Waals surface area contributed by atoms with E-state index in [2.05, 4.69) is 26.9 Å². The molecule has 0 bridgehead atoms. The van der Waals surface area contributed by atoms with Crippen molar-refractivity contribution in [2.45, 2.75) is 31.8 Å². The number of hydrogen-bond donors (Lipinski definition) is 3. The zero-order chi connectivity index (χ0) is 33.2. The van der Waals surface area contributed by atoms with E-state index in [1.807, 2.05) is 13.0 Å². The fourth-order valence-corrected chi connectivity index (χ4v) is 6.53. The van der Waals surface area contributed by atoms with Crippen molar-refractivity contribution in [3.05, 3.63) is 122 Å². The third-order valence-electron chi connectivity index (χ3n) is 7.73. The van der Waals surface area contributed by atoms with E-state index in [1.54, 1.807) is 78.5 Å². The van der Waals surface area contributed by atoms with Gasteiger partial charge in [-0.15, -0.1) is 11.6 Å². The first-order chi connectivity index (χ1) is 22.8. The number of carbonyl (C=O) groups is 4. The number of imidazole rings is 2. The molecule has 13 heteroatoms. The van der Waals surface area contributed by atoms with Gasteiger partial charge in [-0.25, -0.2) is 4.98 Å². The van der Waals surface area contributed by atoms with Gasteiger partial charge in [0.05, 0.1) is 27.7 Å². The molecule has 0 saturated carbocycles. The second-order valence-corrected chi connectivity index (χ2v) is 12.7. The summed E-state index contributed by atoms with van der Waals surface area (Å²) >= 11 is 11.9. The summed E-state index contributed by atoms with van der Waals surface area (Å²) < 4.78 is 0.438. The number of benzene rings is 4. The largest absolute Gasteiger partial charge is 1.00 e. The number of aromatic nitrogens is 4. The Bertz CT molecular complexity index is 2290. The van der Waals surface area contributed by atoms with Crippen LogP contribution in [0.15, 0.2) is 78.0 Å². The van der Waals surface area contributed by atoms with Crippen molar-refractivity contribution in [3.63, 3.8) is 0 Å². The number of rotatable bonds is 4. The summed E-state index contributed by atoms with van der Waals surface area (Å²) in [6.07, 6.45) is 2.13. The molecule has 49 heavy (non-hydrogen) atoms. The number of nitrogens with one attached hydrogen (secondary N) is 3. The summed E-state index contributed by atoms with van der Waals surface area (Å²) in [5, 5.41) is 0.786. The van der Waals surface area contributed by atoms with E-state index in [1.165, 1.54) is 0 Å². The van der Waals surface area contributed by atoms with Crippen LogP contribution in [0.4, 0.5) is 0 Å². The summed E-state index contributed by atoms with van der Waals surface area (Å²) in [5.41, 5.74) is 6.24. The molecule has 0 unspecified atom stereocenters. The van der Waals surface area contributed by atoms with Gasteiger partial charge < -0.3 is 20.4 Å². The molecular formula is C36H30ClKN4O5S2. The van der Waals surface area contributed by atoms with E-state index in [-0.39, 0.29) is 80.0 Å². The Balaban J connectivity index is 0.000000193. The van der Waals surface area contributed by atoms with E-state index < -0.39 is 0 Å². The van der Waals surface area contributed by atoms with E-state index in [0.29, 0.717) is 60.3 Å². The van der Waals surface area contributed by atoms with Crippen LogP contribution in [0.2, 0.25) is 0 Å². The monoisotopic (exact) mass is 736 g/mol. The summed E-state index contributed by atoms with van der Waals surface area (Å²) in [6, 6.07) is 20.8. The van der Waals surface area contributed by atoms with E-state index >= 15 is 0 Å². The third-order valence-corrected chi connectivity index (χ3v) is 9.39. The Kier molecular flexibility index (Phi) is 13.3. The first-order valence-corrected chi connectivity index (χ1v) is 17.0. The minimum absolute atomic E-state index is 0. The number of aromatic amines is 3. The number of nitrogens with zero attached hydrogens (tertiary/aromatic N) is 1. The third kappa shape index (κ3) is 7.39. The van der Waals surface area contributed by atoms with Gasteiger partial charge in [-0.2, -0.15) is 0 Å². The van der Waals surface area contributed by atoms with Gasteiger partial charge in [0.1, 0.15) is 5.52 Å². The van der Waals surface area contributed by atoms with Crippen LogP contribution in [0.1, 0.15) is 90.4 Å². The number of thioether (sulfide) groups is 1. The van der Waals surface area contributed by atoms with Crippen LogP contribution >= 0.6 is 35.6 Å². The summed E-state index contributed by atoms with van der Waals surface area (Å²) in [5.74, 6) is 1.24. The number of hydrogen-bond acceptors (Lipinski definition) is 8. The van der Waals surface area contributed by atoms with Crippen molar-refractivity contribution in [1.29, 1.82) is 0 Å². The molecule has 0 aliphatic heterocycles. The quantitative estimate of drug-likeness (QED) is 0.0951. The Morgan fingerprint density at radius 3 is 1.67 bits per heavy atom. The molecule has 0 spiro atoms. The number of ketones is 4. The molecule has 2 aromatic heterocycles. The minimum atomic E-state index is -0.147. The van der Waals surface area contributed by atoms with E-state index in [0.717, 1.165) is 40.7 Å². The summed E-state index contributed by atoms with van der Waals surface area (Å²) in [6.45, 7) is 4.16. The molecule has 0 atom stereocenters. The fourth-order valence-electron chi connectivity index (χ4n) is 5.59. The molecule has 9 nitrogen and oxygen atoms in total. The number of halogens is 1. The minimum Gasteiger partial charge on any atom is -0.870 e. The molecular weight excluding hydrogens is 707 g/mol. The average molecular weight is 737 g/mol. The van der Waals surface area contributed by atoms with Crippen molar-refractivity contribution < 1.29 is 76.0 Å². The Labute approximate surface area is 338 Å². The van der Waals surface area contributed by atoms with Crippen LogP contribution < -0.4 is 51.4 Å². The van der Waals surface area contributed by atoms with Gasteiger partial charge in [0, 0.05) is 45.0 Å². The molecule has 244 valence electrons. The van der Waals surface area contributed by atoms with Crippen molar-refractivity contribution in [2.24, 2.45) is 0 Å². The van der Waals surface area contributed by atoms with Gasteiger partial charge in [0.2, 0.25) is 0 Å². The van der Waals surface area contributed by atoms with Crippen molar-refractivity contribution in [2.75, 3.05) is 11.6 Å². The molecule has 4 N–H and O–H groups in total. The number of fused-ring (bicyclic) bond motifs is 8. The molecule has 0 radical (unpaired) electrons. The Morgan fingerprint density at radius 2 is 1.14 bits per heavy atom. The molecule has 2 aliphatic carbocycles. The number of alkyl halides is 1. The number of carbonyl (C=O) groups excluding carboxylic acids is 4. The van der Waals surface area contributed by atoms with E-state index in [9.17, 15) is 19.2 Å². The smallest absolute Gasteiger partial charge is 0.870 e. The molecule has 2 heterocycles. The molecule has 0 amide bonds. The van der Waals surface area contributed by atoms with Crippen molar-refractivity contribution in [3.8, 4) is 0 Å². The van der Waals surface area contributed by atoms with Crippen LogP contribution in [0.3, 0.4) is 0 Å². The van der Waals surface area contributed by atoms with Gasteiger partial charge in [0.15, 0.2) is 33.1 Å². The summed E-state index contributed by atoms with van der Waals surface area (Å²) in [4.78, 5) is 64.4. The molecule has 4 aromatic carbocycles. The van der Waals surface area contributed by atoms with Gasteiger partial charge in [0.25, 0.3) is 0 Å². The van der Waals surface area contributed by atoms with Gasteiger partial charge in [-0.3, -0.25) is 19.2 Å². The summed E-state index contributed by atoms with van der Waals surface area (Å²) in [7, 11) is 0. The molecule has 0 saturated heterocycles. The second-order valence-electron chi connectivity index (χ2n) is 10.9. The van der Waals surface area contributed by atoms with Crippen LogP contribution in [-0.2, 0) is 0 Å². The second kappa shape index (κ2) is 16.8. The van der Waals surface area contributed by atoms with Crippen LogP contribution in [0, 0.1) is 4.77 Å². The van der Waals surface area contributed by atoms with Crippen LogP contribution in [0.25, 0.3) is 22.1 Å². The molecule has 0 fully saturated rings. The fraction of sp³-hybridized carbons (Fsp3) is 0.167. The number of H-pyrrole nitrogens is 3. The topological polar surface area (TPSA) is 159 Å². The average Bonchev–Trinajstić information content (AvgIpc) is 3.70. The predicted octanol–water partition coefficient (Wildman–Crippen LogP) is 5.30. The van der Waals surface area contributed by atoms with Crippen molar-refractivity contribution >= 4 is 80.8 Å². The van der Waals surface area contributed by atoms with Crippen LogP contribution in [-0.4, -0.2) is 60.2 Å². The first-order valence-electron chi connectivity index (χ1n) is 15.1. The Morgan fingerprint density at radius 1 is 0.653 bits per heavy atom. The predicted molar refractivity (Wildman–Crippen MR) is 190 cm³/mol. The van der Waals surface area contributed by atoms with Gasteiger partial charge in [-0.05, 0) is 49.3 Å². The first kappa shape index (κ1) is 38.8. The molecule has 2 aliphatic rings. The zero-order valence-electron chi connectivity index (χ0n) is 27.0. The van der Waals surface area contributed by atoms with Crippen molar-refractivity contribution in [1.82, 2.24) is 19.9 Å². The molecule has 6 aromatic rings. The molecule has 8 rings (SSSR count). The maximum atomic E-state index is 12.9. The van der Waals surface area contributed by atoms with Gasteiger partial charge >= 0.3 is 51.4 Å².